The number of carbonyl (C=O) groups is 1. The maximum atomic E-state index is 12.5. The van der Waals surface area contributed by atoms with Gasteiger partial charge in [0.25, 0.3) is 0 Å². The third-order valence-corrected chi connectivity index (χ3v) is 9.69. The van der Waals surface area contributed by atoms with E-state index in [-0.39, 0.29) is 34.9 Å². The Balaban J connectivity index is 1.19. The molecule has 10 atom stereocenters. The summed E-state index contributed by atoms with van der Waals surface area (Å²) < 4.78 is 50.7. The smallest absolute Gasteiger partial charge is 0.387 e. The molecule has 0 saturated carbocycles. The molecule has 10 N–H and O–H groups in total. The van der Waals surface area contributed by atoms with E-state index in [0.29, 0.717) is 0 Å². The van der Waals surface area contributed by atoms with E-state index in [0.717, 1.165) is 10.9 Å². The number of carbonyl (C=O) groups excluding carboxylic acids is 1. The van der Waals surface area contributed by atoms with Gasteiger partial charge in [0.05, 0.1) is 13.2 Å². The van der Waals surface area contributed by atoms with E-state index < -0.39 is 83.8 Å². The van der Waals surface area contributed by atoms with Gasteiger partial charge < -0.3 is 56.1 Å². The number of phosphoric ester groups is 2. The van der Waals surface area contributed by atoms with Crippen molar-refractivity contribution in [3.63, 3.8) is 0 Å². The molecule has 0 radical (unpaired) electrons. The fraction of sp³-hybridized carbons (Fsp3) is 0.524. The van der Waals surface area contributed by atoms with Gasteiger partial charge in [-0.05, 0) is 17.1 Å². The second-order valence-corrected chi connectivity index (χ2v) is 13.2. The number of rotatable bonds is 12. The molecule has 0 spiro atoms. The highest BCUT2D eigenvalue weighted by Gasteiger charge is 2.48. The van der Waals surface area contributed by atoms with Gasteiger partial charge in [-0.3, -0.25) is 18.4 Å². The Morgan fingerprint density at radius 1 is 1.04 bits per heavy atom. The number of aromatic nitrogens is 4. The molecule has 26 heteroatoms. The lowest BCUT2D eigenvalue weighted by Crippen LogP contribution is -2.40. The number of phosphoric acid groups is 2. The molecule has 5 heterocycles. The van der Waals surface area contributed by atoms with E-state index in [1.165, 1.54) is 17.3 Å². The lowest BCUT2D eigenvalue weighted by atomic mass is 10.1. The Kier molecular flexibility index (Phi) is 9.99. The van der Waals surface area contributed by atoms with Gasteiger partial charge in [0.1, 0.15) is 43.0 Å². The number of anilines is 1. The molecule has 2 aromatic heterocycles. The molecular formula is C21H28N10O14P2. The van der Waals surface area contributed by atoms with Crippen molar-refractivity contribution in [3.05, 3.63) is 40.8 Å². The van der Waals surface area contributed by atoms with Crippen LogP contribution >= 0.6 is 15.6 Å². The summed E-state index contributed by atoms with van der Waals surface area (Å²) in [5.41, 5.74) is 20.1. The number of allylic oxidation sites excluding steroid dienone is 1. The number of fused-ring (bicyclic) bond motifs is 1. The minimum atomic E-state index is -5.45. The number of nitrogens with two attached hydrogens (primary N) is 2. The third kappa shape index (κ3) is 7.31. The van der Waals surface area contributed by atoms with E-state index in [1.54, 1.807) is 6.08 Å². The first-order valence-corrected chi connectivity index (χ1v) is 16.3. The maximum absolute atomic E-state index is 12.5. The summed E-state index contributed by atoms with van der Waals surface area (Å²) >= 11 is 0. The van der Waals surface area contributed by atoms with Crippen molar-refractivity contribution in [1.82, 2.24) is 24.4 Å². The number of nitrogen functional groups attached to an aromatic ring is 1. The van der Waals surface area contributed by atoms with Crippen molar-refractivity contribution in [3.8, 4) is 0 Å². The third-order valence-electron chi connectivity index (χ3n) is 7.09. The number of ether oxygens (including phenoxy) is 2. The van der Waals surface area contributed by atoms with Gasteiger partial charge >= 0.3 is 15.6 Å². The Bertz CT molecular complexity index is 1730. The first-order chi connectivity index (χ1) is 22.1. The first-order valence-electron chi connectivity index (χ1n) is 13.3. The molecule has 0 aliphatic carbocycles. The van der Waals surface area contributed by atoms with Crippen LogP contribution in [0.5, 0.6) is 0 Å². The van der Waals surface area contributed by atoms with Gasteiger partial charge in [0.15, 0.2) is 29.4 Å². The van der Waals surface area contributed by atoms with Crippen LogP contribution < -0.4 is 11.5 Å². The molecule has 3 aliphatic heterocycles. The monoisotopic (exact) mass is 706 g/mol. The number of aliphatic hydroxyl groups excluding tert-OH is 4. The van der Waals surface area contributed by atoms with Gasteiger partial charge in [-0.2, -0.15) is 4.31 Å². The molecular weight excluding hydrogens is 678 g/mol. The second-order valence-electron chi connectivity index (χ2n) is 10.2. The zero-order valence-electron chi connectivity index (χ0n) is 23.6. The maximum Gasteiger partial charge on any atom is 0.481 e. The van der Waals surface area contributed by atoms with E-state index >= 15 is 0 Å². The highest BCUT2D eigenvalue weighted by molar-refractivity contribution is 7.61. The van der Waals surface area contributed by atoms with Crippen molar-refractivity contribution in [2.75, 3.05) is 18.9 Å². The first kappa shape index (κ1) is 34.8. The van der Waals surface area contributed by atoms with Crippen LogP contribution in [0.15, 0.2) is 35.5 Å². The van der Waals surface area contributed by atoms with E-state index in [2.05, 4.69) is 33.8 Å². The molecule has 1 amide bonds. The molecule has 2 aromatic rings. The standard InChI is InChI=1S/C21H28N10O14P2/c22-16-11-18(26-7-25-16)31(21(27-11)28-29-24)20-15(35)13(33)10(44-20)6-42-47(39,40)45-46(37,38)41-5-9-12(32)14(34)19(43-9)30-3-1-2-8(4-30)17(23)36/h1,3-4,7,9-10,12-15,19-20,32-35H,2,5-6H2,(H2,23,36)(H,37,38)(H,39,40)(H2,22,25,26)/t9-,10-,12-,13-,14-,15-,19-,20-/m1/s1. The minimum Gasteiger partial charge on any atom is -0.387 e. The molecule has 0 bridgehead atoms. The summed E-state index contributed by atoms with van der Waals surface area (Å²) in [7, 11) is -10.9. The van der Waals surface area contributed by atoms with Crippen LogP contribution in [0.25, 0.3) is 21.6 Å². The SMILES string of the molecule is [N-]=[N+]=Nc1nc2c(N)ncnc2n1[C@@H]1O[C@H](COP(=O)(O)OP(=O)(O)OC[C@H]2O[C@@H](N3C=CCC(C(N)=O)=C3)[C@H](O)[C@@H]2O)[C@@H](O)[C@H]1O. The number of hydrogen-bond donors (Lipinski definition) is 8. The number of imidazole rings is 1. The Morgan fingerprint density at radius 3 is 2.23 bits per heavy atom. The number of amides is 1. The summed E-state index contributed by atoms with van der Waals surface area (Å²) in [5.74, 6) is -1.21. The number of aliphatic hydroxyl groups is 4. The van der Waals surface area contributed by atoms with Crippen LogP contribution in [0, 0.1) is 0 Å². The van der Waals surface area contributed by atoms with Crippen LogP contribution in [0.4, 0.5) is 11.8 Å². The van der Waals surface area contributed by atoms with Crippen molar-refractivity contribution >= 4 is 44.5 Å². The molecule has 5 rings (SSSR count). The fourth-order valence-corrected chi connectivity index (χ4v) is 6.96. The zero-order valence-corrected chi connectivity index (χ0v) is 25.4. The summed E-state index contributed by atoms with van der Waals surface area (Å²) in [4.78, 5) is 47.2. The number of primary amides is 1. The molecule has 0 aromatic carbocycles. The van der Waals surface area contributed by atoms with Crippen LogP contribution in [0.2, 0.25) is 0 Å². The van der Waals surface area contributed by atoms with Gasteiger partial charge in [-0.1, -0.05) is 6.08 Å². The highest BCUT2D eigenvalue weighted by Crippen LogP contribution is 2.60. The van der Waals surface area contributed by atoms with Crippen molar-refractivity contribution < 1.29 is 67.0 Å². The number of azide groups is 1. The molecule has 2 fully saturated rings. The van der Waals surface area contributed by atoms with Crippen LogP contribution in [0.1, 0.15) is 12.6 Å². The summed E-state index contributed by atoms with van der Waals surface area (Å²) in [6.45, 7) is -1.92. The van der Waals surface area contributed by atoms with Crippen LogP contribution in [0.3, 0.4) is 0 Å². The Morgan fingerprint density at radius 2 is 1.64 bits per heavy atom. The molecule has 256 valence electrons. The molecule has 2 unspecified atom stereocenters. The summed E-state index contributed by atoms with van der Waals surface area (Å²) in [6.07, 6.45) is -7.10. The number of hydrogen-bond acceptors (Lipinski definition) is 18. The lowest BCUT2D eigenvalue weighted by molar-refractivity contribution is -0.115. The predicted molar refractivity (Wildman–Crippen MR) is 151 cm³/mol. The summed E-state index contributed by atoms with van der Waals surface area (Å²) in [6, 6.07) is 0. The Labute approximate surface area is 262 Å². The van der Waals surface area contributed by atoms with Crippen molar-refractivity contribution in [1.29, 1.82) is 0 Å². The van der Waals surface area contributed by atoms with Crippen LogP contribution in [-0.4, -0.2) is 117 Å². The largest absolute Gasteiger partial charge is 0.481 e. The lowest BCUT2D eigenvalue weighted by Gasteiger charge is -2.28. The summed E-state index contributed by atoms with van der Waals surface area (Å²) in [5, 5.41) is 45.4. The predicted octanol–water partition coefficient (Wildman–Crippen LogP) is -1.74. The number of nitrogens with zero attached hydrogens (tertiary/aromatic N) is 8. The van der Waals surface area contributed by atoms with E-state index in [9.17, 15) is 44.1 Å². The average Bonchev–Trinajstić information content (AvgIpc) is 3.62. The topological polar surface area (TPSA) is 366 Å². The van der Waals surface area contributed by atoms with Crippen LogP contribution in [-0.2, 0) is 36.8 Å². The van der Waals surface area contributed by atoms with Gasteiger partial charge in [0.2, 0.25) is 11.9 Å². The van der Waals surface area contributed by atoms with Crippen molar-refractivity contribution in [2.45, 2.75) is 55.5 Å². The van der Waals surface area contributed by atoms with Crippen molar-refractivity contribution in [2.24, 2.45) is 10.8 Å². The highest BCUT2D eigenvalue weighted by atomic mass is 31.3. The minimum absolute atomic E-state index is 0.0233. The molecule has 3 aliphatic rings. The average molecular weight is 706 g/mol. The molecule has 47 heavy (non-hydrogen) atoms. The fourth-order valence-electron chi connectivity index (χ4n) is 4.87. The Hall–Kier alpha value is -3.57. The quantitative estimate of drug-likeness (QED) is 0.0525. The normalized spacial score (nSPS) is 31.7. The van der Waals surface area contributed by atoms with Gasteiger partial charge in [-0.15, -0.1) is 0 Å². The van der Waals surface area contributed by atoms with Gasteiger partial charge in [0, 0.05) is 22.9 Å². The van der Waals surface area contributed by atoms with Gasteiger partial charge in [-0.25, -0.2) is 24.1 Å². The molecule has 24 nitrogen and oxygen atoms in total. The second kappa shape index (κ2) is 13.5. The molecule has 2 saturated heterocycles. The van der Waals surface area contributed by atoms with E-state index in [1.807, 2.05) is 0 Å². The zero-order chi connectivity index (χ0) is 34.3. The van der Waals surface area contributed by atoms with E-state index in [4.69, 9.17) is 31.0 Å².